The van der Waals surface area contributed by atoms with Crippen LogP contribution in [0, 0.1) is 0 Å². The molecule has 2 aromatic heterocycles. The highest BCUT2D eigenvalue weighted by molar-refractivity contribution is 5.91. The summed E-state index contributed by atoms with van der Waals surface area (Å²) in [6.07, 6.45) is 5.09. The van der Waals surface area contributed by atoms with Crippen molar-refractivity contribution in [3.8, 4) is 11.3 Å². The zero-order chi connectivity index (χ0) is 22.0. The van der Waals surface area contributed by atoms with Crippen LogP contribution in [0.2, 0.25) is 0 Å². The van der Waals surface area contributed by atoms with E-state index in [2.05, 4.69) is 62.3 Å². The van der Waals surface area contributed by atoms with Crippen molar-refractivity contribution in [3.63, 3.8) is 0 Å². The van der Waals surface area contributed by atoms with Crippen molar-refractivity contribution in [2.24, 2.45) is 0 Å². The van der Waals surface area contributed by atoms with E-state index in [1.165, 1.54) is 5.56 Å². The number of hydrogen-bond acceptors (Lipinski definition) is 4. The largest absolute Gasteiger partial charge is 0.449 e. The molecule has 0 aliphatic carbocycles. The quantitative estimate of drug-likeness (QED) is 0.394. The second kappa shape index (κ2) is 8.38. The lowest BCUT2D eigenvalue weighted by Crippen LogP contribution is -2.14. The van der Waals surface area contributed by atoms with Crippen molar-refractivity contribution in [1.29, 1.82) is 0 Å². The molecular weight excluding hydrogens is 388 g/mol. The average Bonchev–Trinajstić information content (AvgIpc) is 3.23. The Morgan fingerprint density at radius 2 is 1.90 bits per heavy atom. The zero-order valence-electron chi connectivity index (χ0n) is 18.5. The smallest absolute Gasteiger partial charge is 0.411 e. The van der Waals surface area contributed by atoms with Crippen LogP contribution in [0.25, 0.3) is 27.9 Å². The van der Waals surface area contributed by atoms with E-state index in [9.17, 15) is 4.79 Å². The molecule has 4 rings (SSSR count). The first-order valence-corrected chi connectivity index (χ1v) is 10.7. The van der Waals surface area contributed by atoms with Crippen molar-refractivity contribution in [3.05, 3.63) is 60.4 Å². The van der Waals surface area contributed by atoms with E-state index in [0.29, 0.717) is 12.3 Å². The number of carbonyl (C=O) groups is 1. The summed E-state index contributed by atoms with van der Waals surface area (Å²) in [5.41, 5.74) is 6.31. The maximum absolute atomic E-state index is 12.0. The molecule has 1 amide bonds. The first kappa shape index (κ1) is 20.8. The Hall–Kier alpha value is -3.41. The molecule has 0 radical (unpaired) electrons. The Labute approximate surface area is 182 Å². The summed E-state index contributed by atoms with van der Waals surface area (Å²) in [5.74, 6) is 0. The Morgan fingerprint density at radius 3 is 2.61 bits per heavy atom. The van der Waals surface area contributed by atoms with Gasteiger partial charge in [0.2, 0.25) is 0 Å². The minimum atomic E-state index is -0.450. The standard InChI is InChI=1S/C25H28N4O2/c1-5-6-15-31-24(30)27-19-11-12-21-20(16-19)28-22(23-26-13-14-29(21)23)17-7-9-18(10-8-17)25(2,3)4/h7-14,16H,5-6,15H2,1-4H3,(H,27,30). The predicted octanol–water partition coefficient (Wildman–Crippen LogP) is 6.20. The number of unbranched alkanes of at least 4 members (excludes halogenated alkanes) is 1. The van der Waals surface area contributed by atoms with E-state index < -0.39 is 6.09 Å². The van der Waals surface area contributed by atoms with Crippen molar-refractivity contribution in [1.82, 2.24) is 14.4 Å². The Balaban J connectivity index is 1.72. The summed E-state index contributed by atoms with van der Waals surface area (Å²) >= 11 is 0. The first-order chi connectivity index (χ1) is 14.9. The minimum absolute atomic E-state index is 0.0876. The molecule has 1 N–H and O–H groups in total. The van der Waals surface area contributed by atoms with Crippen molar-refractivity contribution in [2.75, 3.05) is 11.9 Å². The van der Waals surface area contributed by atoms with E-state index in [1.807, 2.05) is 28.8 Å². The van der Waals surface area contributed by atoms with Crippen molar-refractivity contribution < 1.29 is 9.53 Å². The Bertz CT molecular complexity index is 1220. The lowest BCUT2D eigenvalue weighted by atomic mass is 9.86. The number of aromatic nitrogens is 3. The molecule has 0 fully saturated rings. The second-order valence-corrected chi connectivity index (χ2v) is 8.73. The molecule has 31 heavy (non-hydrogen) atoms. The van der Waals surface area contributed by atoms with Crippen LogP contribution in [0.4, 0.5) is 10.5 Å². The summed E-state index contributed by atoms with van der Waals surface area (Å²) < 4.78 is 7.23. The normalized spacial score (nSPS) is 11.7. The monoisotopic (exact) mass is 416 g/mol. The van der Waals surface area contributed by atoms with E-state index in [0.717, 1.165) is 40.8 Å². The van der Waals surface area contributed by atoms with Gasteiger partial charge < -0.3 is 4.74 Å². The van der Waals surface area contributed by atoms with Gasteiger partial charge in [-0.15, -0.1) is 0 Å². The average molecular weight is 417 g/mol. The number of anilines is 1. The molecule has 2 heterocycles. The molecule has 4 aromatic rings. The van der Waals surface area contributed by atoms with Gasteiger partial charge >= 0.3 is 6.09 Å². The first-order valence-electron chi connectivity index (χ1n) is 10.7. The van der Waals surface area contributed by atoms with E-state index in [1.54, 1.807) is 6.20 Å². The molecule has 6 heteroatoms. The second-order valence-electron chi connectivity index (χ2n) is 8.73. The summed E-state index contributed by atoms with van der Waals surface area (Å²) in [6.45, 7) is 9.07. The number of amides is 1. The fourth-order valence-corrected chi connectivity index (χ4v) is 3.52. The number of nitrogens with one attached hydrogen (secondary N) is 1. The third-order valence-electron chi connectivity index (χ3n) is 5.32. The third-order valence-corrected chi connectivity index (χ3v) is 5.32. The van der Waals surface area contributed by atoms with Crippen molar-refractivity contribution >= 4 is 28.5 Å². The summed E-state index contributed by atoms with van der Waals surface area (Å²) in [7, 11) is 0. The number of fused-ring (bicyclic) bond motifs is 3. The molecule has 0 saturated carbocycles. The molecule has 0 atom stereocenters. The highest BCUT2D eigenvalue weighted by Crippen LogP contribution is 2.29. The maximum Gasteiger partial charge on any atom is 0.411 e. The van der Waals surface area contributed by atoms with Crippen LogP contribution in [0.3, 0.4) is 0 Å². The number of nitrogens with zero attached hydrogens (tertiary/aromatic N) is 3. The highest BCUT2D eigenvalue weighted by atomic mass is 16.5. The number of hydrogen-bond donors (Lipinski definition) is 1. The molecule has 0 aliphatic heterocycles. The maximum atomic E-state index is 12.0. The van der Waals surface area contributed by atoms with E-state index in [4.69, 9.17) is 9.72 Å². The lowest BCUT2D eigenvalue weighted by Gasteiger charge is -2.19. The predicted molar refractivity (Wildman–Crippen MR) is 125 cm³/mol. The molecule has 2 aromatic carbocycles. The van der Waals surface area contributed by atoms with Crippen LogP contribution in [0.5, 0.6) is 0 Å². The van der Waals surface area contributed by atoms with Crippen LogP contribution >= 0.6 is 0 Å². The van der Waals surface area contributed by atoms with Gasteiger partial charge in [0.25, 0.3) is 0 Å². The Morgan fingerprint density at radius 1 is 1.13 bits per heavy atom. The van der Waals surface area contributed by atoms with Gasteiger partial charge in [-0.1, -0.05) is 58.4 Å². The molecular formula is C25H28N4O2. The van der Waals surface area contributed by atoms with E-state index >= 15 is 0 Å². The summed E-state index contributed by atoms with van der Waals surface area (Å²) in [4.78, 5) is 21.5. The number of benzene rings is 2. The number of ether oxygens (including phenoxy) is 1. The molecule has 0 unspecified atom stereocenters. The van der Waals surface area contributed by atoms with Gasteiger partial charge in [-0.05, 0) is 35.6 Å². The summed E-state index contributed by atoms with van der Waals surface area (Å²) in [6, 6.07) is 14.1. The SMILES string of the molecule is CCCCOC(=O)Nc1ccc2c(c1)nc(-c1ccc(C(C)(C)C)cc1)c1nccn12. The molecule has 6 nitrogen and oxygen atoms in total. The van der Waals surface area contributed by atoms with Gasteiger partial charge in [0, 0.05) is 23.6 Å². The van der Waals surface area contributed by atoms with Gasteiger partial charge in [0.1, 0.15) is 5.69 Å². The van der Waals surface area contributed by atoms with Gasteiger partial charge in [-0.3, -0.25) is 9.72 Å². The number of imidazole rings is 1. The minimum Gasteiger partial charge on any atom is -0.449 e. The molecule has 0 aliphatic rings. The van der Waals surface area contributed by atoms with Gasteiger partial charge in [-0.2, -0.15) is 0 Å². The summed E-state index contributed by atoms with van der Waals surface area (Å²) in [5, 5.41) is 2.79. The molecule has 0 bridgehead atoms. The van der Waals surface area contributed by atoms with Crippen molar-refractivity contribution in [2.45, 2.75) is 46.0 Å². The van der Waals surface area contributed by atoms with E-state index in [-0.39, 0.29) is 5.41 Å². The van der Waals surface area contributed by atoms with Gasteiger partial charge in [0.15, 0.2) is 5.65 Å². The van der Waals surface area contributed by atoms with Crippen LogP contribution in [0.1, 0.15) is 46.1 Å². The topological polar surface area (TPSA) is 68.5 Å². The van der Waals surface area contributed by atoms with Crippen LogP contribution in [-0.2, 0) is 10.2 Å². The van der Waals surface area contributed by atoms with Crippen LogP contribution < -0.4 is 5.32 Å². The fraction of sp³-hybridized carbons (Fsp3) is 0.320. The molecule has 0 saturated heterocycles. The van der Waals surface area contributed by atoms with Gasteiger partial charge in [0.05, 0.1) is 17.6 Å². The highest BCUT2D eigenvalue weighted by Gasteiger charge is 2.16. The Kier molecular flexibility index (Phi) is 5.63. The molecule has 160 valence electrons. The van der Waals surface area contributed by atoms with Gasteiger partial charge in [-0.25, -0.2) is 14.8 Å². The fourth-order valence-electron chi connectivity index (χ4n) is 3.52. The van der Waals surface area contributed by atoms with Crippen LogP contribution in [-0.4, -0.2) is 27.1 Å². The zero-order valence-corrected chi connectivity index (χ0v) is 18.5. The van der Waals surface area contributed by atoms with Crippen LogP contribution in [0.15, 0.2) is 54.9 Å². The molecule has 0 spiro atoms. The third kappa shape index (κ3) is 4.38. The number of carbonyl (C=O) groups excluding carboxylic acids is 1. The lowest BCUT2D eigenvalue weighted by molar-refractivity contribution is 0.160. The number of rotatable bonds is 5.